The molecule has 1 aromatic carbocycles. The van der Waals surface area contributed by atoms with Gasteiger partial charge in [0.05, 0.1) is 12.2 Å². The Bertz CT molecular complexity index is 718. The molecule has 0 spiro atoms. The van der Waals surface area contributed by atoms with Gasteiger partial charge >= 0.3 is 0 Å². The van der Waals surface area contributed by atoms with E-state index in [-0.39, 0.29) is 19.1 Å². The number of azide groups is 1. The van der Waals surface area contributed by atoms with Crippen molar-refractivity contribution >= 4 is 11.6 Å². The van der Waals surface area contributed by atoms with E-state index in [0.29, 0.717) is 22.9 Å². The quantitative estimate of drug-likeness (QED) is 0.524. The van der Waals surface area contributed by atoms with Crippen LogP contribution in [-0.4, -0.2) is 17.7 Å². The zero-order valence-corrected chi connectivity index (χ0v) is 10.2. The summed E-state index contributed by atoms with van der Waals surface area (Å²) >= 11 is 0. The lowest BCUT2D eigenvalue weighted by Crippen LogP contribution is -2.25. The van der Waals surface area contributed by atoms with Gasteiger partial charge in [0.1, 0.15) is 17.2 Å². The number of anilines is 1. The van der Waals surface area contributed by atoms with E-state index in [1.165, 1.54) is 0 Å². The maximum absolute atomic E-state index is 11.3. The Balaban J connectivity index is 1.90. The number of hydrogen-bond acceptors (Lipinski definition) is 5. The van der Waals surface area contributed by atoms with Crippen molar-refractivity contribution in [3.8, 4) is 17.0 Å². The Morgan fingerprint density at radius 2 is 2.35 bits per heavy atom. The Morgan fingerprint density at radius 1 is 1.45 bits per heavy atom. The molecule has 2 heterocycles. The number of hydrogen-bond donors (Lipinski definition) is 1. The van der Waals surface area contributed by atoms with Crippen LogP contribution in [0.1, 0.15) is 5.76 Å². The fourth-order valence-corrected chi connectivity index (χ4v) is 1.87. The third-order valence-corrected chi connectivity index (χ3v) is 2.76. The number of amides is 1. The molecule has 0 aliphatic carbocycles. The average Bonchev–Trinajstić information content (AvgIpc) is 2.93. The van der Waals surface area contributed by atoms with Crippen LogP contribution >= 0.6 is 0 Å². The van der Waals surface area contributed by atoms with Crippen molar-refractivity contribution in [1.29, 1.82) is 0 Å². The molecule has 2 aromatic rings. The van der Waals surface area contributed by atoms with Gasteiger partial charge in [0.25, 0.3) is 5.91 Å². The highest BCUT2D eigenvalue weighted by molar-refractivity contribution is 5.96. The van der Waals surface area contributed by atoms with Gasteiger partial charge in [0, 0.05) is 16.5 Å². The molecule has 0 bridgehead atoms. The van der Waals surface area contributed by atoms with E-state index in [4.69, 9.17) is 14.8 Å². The van der Waals surface area contributed by atoms with E-state index < -0.39 is 0 Å². The minimum atomic E-state index is -0.196. The van der Waals surface area contributed by atoms with Crippen LogP contribution in [0.2, 0.25) is 0 Å². The van der Waals surface area contributed by atoms with Gasteiger partial charge in [-0.05, 0) is 23.7 Å². The second-order valence-electron chi connectivity index (χ2n) is 4.12. The largest absolute Gasteiger partial charge is 0.482 e. The van der Waals surface area contributed by atoms with Gasteiger partial charge in [-0.3, -0.25) is 4.79 Å². The zero-order chi connectivity index (χ0) is 13.9. The average molecular weight is 271 g/mol. The summed E-state index contributed by atoms with van der Waals surface area (Å²) in [5, 5.41) is 10.0. The molecule has 0 saturated heterocycles. The lowest BCUT2D eigenvalue weighted by atomic mass is 10.1. The molecule has 1 N–H and O–H groups in total. The lowest BCUT2D eigenvalue weighted by molar-refractivity contribution is -0.118. The summed E-state index contributed by atoms with van der Waals surface area (Å²) < 4.78 is 10.3. The van der Waals surface area contributed by atoms with E-state index in [9.17, 15) is 4.79 Å². The van der Waals surface area contributed by atoms with Crippen LogP contribution in [0.4, 0.5) is 5.69 Å². The monoisotopic (exact) mass is 271 g/mol. The number of fused-ring (bicyclic) bond motifs is 1. The Hall–Kier alpha value is -2.99. The minimum absolute atomic E-state index is 0.0205. The summed E-state index contributed by atoms with van der Waals surface area (Å²) in [5.41, 5.74) is 10.2. The van der Waals surface area contributed by atoms with Crippen molar-refractivity contribution in [3.05, 3.63) is 40.5 Å². The zero-order valence-electron chi connectivity index (χ0n) is 10.2. The summed E-state index contributed by atoms with van der Waals surface area (Å²) in [6.07, 6.45) is 0. The van der Waals surface area contributed by atoms with Crippen LogP contribution in [0, 0.1) is 0 Å². The van der Waals surface area contributed by atoms with Gasteiger partial charge in [-0.25, -0.2) is 0 Å². The summed E-state index contributed by atoms with van der Waals surface area (Å²) in [7, 11) is 0. The fraction of sp³-hybridized carbons (Fsp3) is 0.167. The third-order valence-electron chi connectivity index (χ3n) is 2.76. The molecule has 100 valence electrons. The number of rotatable bonds is 3. The summed E-state index contributed by atoms with van der Waals surface area (Å²) in [4.78, 5) is 13.9. The minimum Gasteiger partial charge on any atom is -0.482 e. The molecular weight excluding hydrogens is 262 g/mol. The highest BCUT2D eigenvalue weighted by Gasteiger charge is 2.17. The summed E-state index contributed by atoms with van der Waals surface area (Å²) in [6, 6.07) is 7.00. The predicted molar refractivity (Wildman–Crippen MR) is 68.9 cm³/mol. The molecule has 0 atom stereocenters. The highest BCUT2D eigenvalue weighted by Crippen LogP contribution is 2.32. The first-order valence-corrected chi connectivity index (χ1v) is 5.80. The number of ether oxygens (including phenoxy) is 1. The smallest absolute Gasteiger partial charge is 0.262 e. The maximum Gasteiger partial charge on any atom is 0.262 e. The van der Waals surface area contributed by atoms with Crippen LogP contribution in [0.15, 0.2) is 33.9 Å². The van der Waals surface area contributed by atoms with E-state index in [2.05, 4.69) is 20.5 Å². The maximum atomic E-state index is 11.3. The molecule has 0 unspecified atom stereocenters. The van der Waals surface area contributed by atoms with E-state index in [1.54, 1.807) is 18.2 Å². The van der Waals surface area contributed by atoms with Gasteiger partial charge in [-0.2, -0.15) is 0 Å². The van der Waals surface area contributed by atoms with E-state index in [0.717, 1.165) is 5.56 Å². The van der Waals surface area contributed by atoms with Crippen LogP contribution in [0.3, 0.4) is 0 Å². The predicted octanol–water partition coefficient (Wildman–Crippen LogP) is 2.48. The topological polar surface area (TPSA) is 113 Å². The summed E-state index contributed by atoms with van der Waals surface area (Å²) in [6.45, 7) is 0.126. The molecule has 8 nitrogen and oxygen atoms in total. The molecule has 8 heteroatoms. The van der Waals surface area contributed by atoms with Crippen molar-refractivity contribution in [3.63, 3.8) is 0 Å². The molecule has 0 radical (unpaired) electrons. The first-order valence-electron chi connectivity index (χ1n) is 5.80. The molecule has 1 amide bonds. The van der Waals surface area contributed by atoms with Crippen LogP contribution < -0.4 is 10.1 Å². The van der Waals surface area contributed by atoms with Crippen molar-refractivity contribution in [2.75, 3.05) is 11.9 Å². The number of nitrogens with one attached hydrogen (secondary N) is 1. The highest BCUT2D eigenvalue weighted by atomic mass is 16.5. The van der Waals surface area contributed by atoms with Gasteiger partial charge < -0.3 is 14.6 Å². The SMILES string of the molecule is [N-]=[N+]=NCc1cc(-c2ccc3c(c2)NC(=O)CO3)no1. The van der Waals surface area contributed by atoms with Gasteiger partial charge in [-0.1, -0.05) is 10.3 Å². The molecule has 1 aromatic heterocycles. The number of nitrogens with zero attached hydrogens (tertiary/aromatic N) is 4. The van der Waals surface area contributed by atoms with E-state index >= 15 is 0 Å². The lowest BCUT2D eigenvalue weighted by Gasteiger charge is -2.17. The van der Waals surface area contributed by atoms with Crippen molar-refractivity contribution in [2.24, 2.45) is 5.11 Å². The molecule has 20 heavy (non-hydrogen) atoms. The van der Waals surface area contributed by atoms with Crippen LogP contribution in [-0.2, 0) is 11.3 Å². The second-order valence-corrected chi connectivity index (χ2v) is 4.12. The van der Waals surface area contributed by atoms with Crippen LogP contribution in [0.25, 0.3) is 21.7 Å². The van der Waals surface area contributed by atoms with Gasteiger partial charge in [0.15, 0.2) is 6.61 Å². The summed E-state index contributed by atoms with van der Waals surface area (Å²) in [5.74, 6) is 0.890. The number of carbonyl (C=O) groups excluding carboxylic acids is 1. The first kappa shape index (κ1) is 12.1. The Labute approximate surface area is 113 Å². The molecule has 0 fully saturated rings. The van der Waals surface area contributed by atoms with Gasteiger partial charge in [0.2, 0.25) is 0 Å². The standard InChI is InChI=1S/C12H9N5O3/c13-17-14-5-8-4-9(16-20-8)7-1-2-11-10(3-7)15-12(18)6-19-11/h1-4H,5-6H2,(H,15,18). The second kappa shape index (κ2) is 4.94. The Kier molecular flexibility index (Phi) is 2.98. The molecule has 1 aliphatic heterocycles. The van der Waals surface area contributed by atoms with Crippen LogP contribution in [0.5, 0.6) is 5.75 Å². The third kappa shape index (κ3) is 2.27. The molecule has 3 rings (SSSR count). The number of aromatic nitrogens is 1. The number of benzene rings is 1. The fourth-order valence-electron chi connectivity index (χ4n) is 1.87. The van der Waals surface area contributed by atoms with Crippen molar-refractivity contribution in [2.45, 2.75) is 6.54 Å². The van der Waals surface area contributed by atoms with Crippen molar-refractivity contribution in [1.82, 2.24) is 5.16 Å². The molecule has 0 saturated carbocycles. The normalized spacial score (nSPS) is 12.9. The first-order chi connectivity index (χ1) is 9.76. The molecule has 1 aliphatic rings. The Morgan fingerprint density at radius 3 is 3.20 bits per heavy atom. The van der Waals surface area contributed by atoms with Gasteiger partial charge in [-0.15, -0.1) is 0 Å². The van der Waals surface area contributed by atoms with Crippen molar-refractivity contribution < 1.29 is 14.1 Å². The number of carbonyl (C=O) groups is 1. The van der Waals surface area contributed by atoms with E-state index in [1.807, 2.05) is 6.07 Å². The molecular formula is C12H9N5O3.